The SMILES string of the molecule is CCCCCCCCCCCCCC(CCOCc1ccccc1)CCC(O)COCC1CCCO1. The first-order chi connectivity index (χ1) is 17.8. The van der Waals surface area contributed by atoms with Crippen molar-refractivity contribution in [3.8, 4) is 0 Å². The number of aliphatic hydroxyl groups is 1. The zero-order valence-corrected chi connectivity index (χ0v) is 23.3. The van der Waals surface area contributed by atoms with Crippen molar-refractivity contribution < 1.29 is 19.3 Å². The van der Waals surface area contributed by atoms with E-state index in [9.17, 15) is 5.11 Å². The topological polar surface area (TPSA) is 47.9 Å². The summed E-state index contributed by atoms with van der Waals surface area (Å²) in [5.41, 5.74) is 1.23. The molecule has 0 radical (unpaired) electrons. The van der Waals surface area contributed by atoms with Gasteiger partial charge in [0.2, 0.25) is 0 Å². The van der Waals surface area contributed by atoms with Crippen molar-refractivity contribution in [2.45, 2.75) is 135 Å². The highest BCUT2D eigenvalue weighted by Crippen LogP contribution is 2.22. The number of aliphatic hydroxyl groups excluding tert-OH is 1. The third-order valence-electron chi connectivity index (χ3n) is 7.54. The smallest absolute Gasteiger partial charge is 0.0809 e. The number of hydrogen-bond donors (Lipinski definition) is 1. The summed E-state index contributed by atoms with van der Waals surface area (Å²) in [6.45, 7) is 5.66. The molecular formula is C32H56O4. The number of ether oxygens (including phenoxy) is 3. The van der Waals surface area contributed by atoms with Crippen LogP contribution in [0, 0.1) is 5.92 Å². The normalized spacial score (nSPS) is 17.4. The van der Waals surface area contributed by atoms with E-state index in [0.29, 0.717) is 25.7 Å². The van der Waals surface area contributed by atoms with Crippen LogP contribution in [0.2, 0.25) is 0 Å². The molecule has 1 N–H and O–H groups in total. The Bertz CT molecular complexity index is 587. The Morgan fingerprint density at radius 1 is 0.833 bits per heavy atom. The molecule has 1 fully saturated rings. The number of benzene rings is 1. The lowest BCUT2D eigenvalue weighted by atomic mass is 9.92. The lowest BCUT2D eigenvalue weighted by Gasteiger charge is -2.20. The second-order valence-electron chi connectivity index (χ2n) is 10.9. The maximum Gasteiger partial charge on any atom is 0.0809 e. The number of hydrogen-bond acceptors (Lipinski definition) is 4. The molecule has 4 nitrogen and oxygen atoms in total. The van der Waals surface area contributed by atoms with Crippen LogP contribution in [-0.2, 0) is 20.8 Å². The molecule has 0 aromatic heterocycles. The van der Waals surface area contributed by atoms with Gasteiger partial charge in [-0.25, -0.2) is 0 Å². The van der Waals surface area contributed by atoms with Gasteiger partial charge in [0, 0.05) is 13.2 Å². The van der Waals surface area contributed by atoms with E-state index < -0.39 is 0 Å². The van der Waals surface area contributed by atoms with Crippen LogP contribution in [-0.4, -0.2) is 43.7 Å². The summed E-state index contributed by atoms with van der Waals surface area (Å²) in [6, 6.07) is 10.4. The third kappa shape index (κ3) is 16.7. The van der Waals surface area contributed by atoms with Crippen molar-refractivity contribution >= 4 is 0 Å². The van der Waals surface area contributed by atoms with Crippen LogP contribution in [0.3, 0.4) is 0 Å². The van der Waals surface area contributed by atoms with Crippen molar-refractivity contribution in [1.82, 2.24) is 0 Å². The van der Waals surface area contributed by atoms with Crippen LogP contribution in [0.5, 0.6) is 0 Å². The minimum absolute atomic E-state index is 0.229. The molecule has 208 valence electrons. The van der Waals surface area contributed by atoms with Gasteiger partial charge in [0.05, 0.1) is 32.0 Å². The predicted octanol–water partition coefficient (Wildman–Crippen LogP) is 8.25. The highest BCUT2D eigenvalue weighted by atomic mass is 16.5. The molecule has 1 aliphatic rings. The monoisotopic (exact) mass is 504 g/mol. The molecule has 0 saturated carbocycles. The molecule has 0 spiro atoms. The lowest BCUT2D eigenvalue weighted by molar-refractivity contribution is -0.0204. The molecule has 0 aliphatic carbocycles. The Morgan fingerprint density at radius 2 is 1.53 bits per heavy atom. The average Bonchev–Trinajstić information content (AvgIpc) is 3.42. The van der Waals surface area contributed by atoms with Crippen LogP contribution in [0.1, 0.15) is 122 Å². The third-order valence-corrected chi connectivity index (χ3v) is 7.54. The van der Waals surface area contributed by atoms with Gasteiger partial charge in [-0.05, 0) is 43.6 Å². The van der Waals surface area contributed by atoms with E-state index in [1.54, 1.807) is 0 Å². The molecule has 1 saturated heterocycles. The molecular weight excluding hydrogens is 448 g/mol. The van der Waals surface area contributed by atoms with Crippen LogP contribution in [0.25, 0.3) is 0 Å². The molecule has 4 heteroatoms. The Morgan fingerprint density at radius 3 is 2.19 bits per heavy atom. The summed E-state index contributed by atoms with van der Waals surface area (Å²) in [5.74, 6) is 0.618. The first kappa shape index (κ1) is 31.3. The fourth-order valence-corrected chi connectivity index (χ4v) is 5.17. The van der Waals surface area contributed by atoms with E-state index in [1.807, 2.05) is 6.07 Å². The molecule has 3 atom stereocenters. The fraction of sp³-hybridized carbons (Fsp3) is 0.812. The van der Waals surface area contributed by atoms with E-state index in [4.69, 9.17) is 14.2 Å². The second-order valence-corrected chi connectivity index (χ2v) is 10.9. The van der Waals surface area contributed by atoms with Gasteiger partial charge in [-0.15, -0.1) is 0 Å². The molecule has 1 aliphatic heterocycles. The van der Waals surface area contributed by atoms with Gasteiger partial charge in [0.15, 0.2) is 0 Å². The summed E-state index contributed by atoms with van der Waals surface area (Å²) >= 11 is 0. The van der Waals surface area contributed by atoms with Gasteiger partial charge >= 0.3 is 0 Å². The molecule has 0 amide bonds. The fourth-order valence-electron chi connectivity index (χ4n) is 5.17. The van der Waals surface area contributed by atoms with Crippen molar-refractivity contribution in [3.63, 3.8) is 0 Å². The average molecular weight is 505 g/mol. The van der Waals surface area contributed by atoms with Gasteiger partial charge in [0.1, 0.15) is 0 Å². The van der Waals surface area contributed by atoms with Crippen molar-refractivity contribution in [2.24, 2.45) is 5.92 Å². The minimum Gasteiger partial charge on any atom is -0.391 e. The van der Waals surface area contributed by atoms with Gasteiger partial charge in [-0.3, -0.25) is 0 Å². The van der Waals surface area contributed by atoms with Gasteiger partial charge in [-0.2, -0.15) is 0 Å². The van der Waals surface area contributed by atoms with Crippen LogP contribution < -0.4 is 0 Å². The summed E-state index contributed by atoms with van der Waals surface area (Å²) in [5, 5.41) is 10.5. The second kappa shape index (κ2) is 22.1. The summed E-state index contributed by atoms with van der Waals surface area (Å²) < 4.78 is 17.3. The molecule has 0 bridgehead atoms. The Kier molecular flexibility index (Phi) is 19.2. The summed E-state index contributed by atoms with van der Waals surface area (Å²) in [6.07, 6.45) is 21.5. The Labute approximate surface area is 222 Å². The van der Waals surface area contributed by atoms with Crippen LogP contribution >= 0.6 is 0 Å². The molecule has 36 heavy (non-hydrogen) atoms. The Hall–Kier alpha value is -0.940. The minimum atomic E-state index is -0.378. The van der Waals surface area contributed by atoms with E-state index >= 15 is 0 Å². The van der Waals surface area contributed by atoms with Crippen LogP contribution in [0.4, 0.5) is 0 Å². The van der Waals surface area contributed by atoms with Crippen molar-refractivity contribution in [1.29, 1.82) is 0 Å². The van der Waals surface area contributed by atoms with Gasteiger partial charge in [0.25, 0.3) is 0 Å². The summed E-state index contributed by atoms with van der Waals surface area (Å²) in [7, 11) is 0. The molecule has 1 aromatic carbocycles. The summed E-state index contributed by atoms with van der Waals surface area (Å²) in [4.78, 5) is 0. The highest BCUT2D eigenvalue weighted by Gasteiger charge is 2.17. The van der Waals surface area contributed by atoms with E-state index in [1.165, 1.54) is 82.6 Å². The predicted molar refractivity (Wildman–Crippen MR) is 150 cm³/mol. The zero-order valence-electron chi connectivity index (χ0n) is 23.3. The maximum absolute atomic E-state index is 10.5. The number of unbranched alkanes of at least 4 members (excludes halogenated alkanes) is 10. The lowest BCUT2D eigenvalue weighted by Crippen LogP contribution is -2.22. The largest absolute Gasteiger partial charge is 0.391 e. The van der Waals surface area contributed by atoms with E-state index in [2.05, 4.69) is 31.2 Å². The number of rotatable bonds is 24. The molecule has 1 heterocycles. The van der Waals surface area contributed by atoms with Crippen LogP contribution in [0.15, 0.2) is 30.3 Å². The van der Waals surface area contributed by atoms with Gasteiger partial charge in [-0.1, -0.05) is 114 Å². The van der Waals surface area contributed by atoms with Crippen molar-refractivity contribution in [2.75, 3.05) is 26.4 Å². The Balaban J connectivity index is 1.57. The van der Waals surface area contributed by atoms with E-state index in [-0.39, 0.29) is 12.2 Å². The standard InChI is InChI=1S/C32H56O4/c1-2-3-4-5-6-7-8-9-10-11-13-17-29(23-25-34-26-30-18-14-12-15-19-30)21-22-31(33)27-35-28-32-20-16-24-36-32/h12,14-15,18-19,29,31-33H,2-11,13,16-17,20-28H2,1H3. The zero-order chi connectivity index (χ0) is 25.5. The molecule has 1 aromatic rings. The first-order valence-corrected chi connectivity index (χ1v) is 15.3. The molecule has 3 unspecified atom stereocenters. The quantitative estimate of drug-likeness (QED) is 0.144. The van der Waals surface area contributed by atoms with Crippen molar-refractivity contribution in [3.05, 3.63) is 35.9 Å². The first-order valence-electron chi connectivity index (χ1n) is 15.3. The highest BCUT2D eigenvalue weighted by molar-refractivity contribution is 5.13. The van der Waals surface area contributed by atoms with Gasteiger partial charge < -0.3 is 19.3 Å². The maximum atomic E-state index is 10.5. The molecule has 2 rings (SSSR count). The van der Waals surface area contributed by atoms with E-state index in [0.717, 1.165) is 45.3 Å².